The van der Waals surface area contributed by atoms with Gasteiger partial charge < -0.3 is 9.30 Å². The van der Waals surface area contributed by atoms with Crippen LogP contribution in [-0.4, -0.2) is 45.7 Å². The van der Waals surface area contributed by atoms with Crippen LogP contribution in [-0.2, 0) is 24.3 Å². The second-order valence-electron chi connectivity index (χ2n) is 9.20. The molecule has 174 valence electrons. The zero-order chi connectivity index (χ0) is 23.4. The first kappa shape index (κ1) is 23.5. The molecular weight excluding hydrogens is 433 g/mol. The van der Waals surface area contributed by atoms with Crippen LogP contribution in [0.5, 0.6) is 0 Å². The number of hydrogen-bond acceptors (Lipinski definition) is 3. The Kier molecular flexibility index (Phi) is 7.15. The molecule has 0 saturated heterocycles. The van der Waals surface area contributed by atoms with Gasteiger partial charge in [0.1, 0.15) is 24.5 Å². The van der Waals surface area contributed by atoms with Gasteiger partial charge >= 0.3 is 0 Å². The monoisotopic (exact) mass is 465 g/mol. The van der Waals surface area contributed by atoms with E-state index < -0.39 is 10.0 Å². The zero-order valence-corrected chi connectivity index (χ0v) is 20.7. The topological polar surface area (TPSA) is 39.9 Å². The first-order valence-corrected chi connectivity index (χ1v) is 14.3. The number of hydrogen-bond donors (Lipinski definition) is 0. The molecule has 4 rings (SSSR count). The lowest BCUT2D eigenvalue weighted by atomic mass is 10.1. The maximum absolute atomic E-state index is 13.4. The van der Waals surface area contributed by atoms with E-state index >= 15 is 0 Å². The smallest absolute Gasteiger partial charge is 0.145 e. The summed E-state index contributed by atoms with van der Waals surface area (Å²) >= 11 is 0. The minimum Gasteiger partial charge on any atom is -0.360 e. The van der Waals surface area contributed by atoms with E-state index in [2.05, 4.69) is 70.6 Å². The van der Waals surface area contributed by atoms with Crippen molar-refractivity contribution in [1.29, 1.82) is 0 Å². The summed E-state index contributed by atoms with van der Waals surface area (Å²) in [5, 5.41) is 1.00. The summed E-state index contributed by atoms with van der Waals surface area (Å²) < 4.78 is 21.6. The summed E-state index contributed by atoms with van der Waals surface area (Å²) in [6, 6.07) is 17.4. The fourth-order valence-corrected chi connectivity index (χ4v) is 4.41. The van der Waals surface area contributed by atoms with E-state index in [-0.39, 0.29) is 5.82 Å². The van der Waals surface area contributed by atoms with Gasteiger partial charge in [-0.2, -0.15) is 0 Å². The molecule has 0 atom stereocenters. The molecular formula is C27H32FN3OS. The van der Waals surface area contributed by atoms with E-state index in [1.165, 1.54) is 17.7 Å². The maximum Gasteiger partial charge on any atom is 0.145 e. The van der Waals surface area contributed by atoms with Crippen LogP contribution in [0.4, 0.5) is 4.39 Å². The van der Waals surface area contributed by atoms with Crippen LogP contribution < -0.4 is 0 Å². The van der Waals surface area contributed by atoms with Gasteiger partial charge in [0, 0.05) is 17.6 Å². The Labute approximate surface area is 197 Å². The first-order valence-electron chi connectivity index (χ1n) is 11.2. The SMILES string of the molecule is CCc1ccc(-c2cc3c(Cc4ccc(F)cc4)ncnc3n2COCCS(C)(C)C)cc1. The number of ether oxygens (including phenoxy) is 1. The molecule has 4 nitrogen and oxygen atoms in total. The van der Waals surface area contributed by atoms with Crippen LogP contribution >= 0.6 is 10.0 Å². The highest BCUT2D eigenvalue weighted by atomic mass is 32.3. The number of nitrogens with zero attached hydrogens (tertiary/aromatic N) is 3. The van der Waals surface area contributed by atoms with Crippen molar-refractivity contribution < 1.29 is 9.13 Å². The summed E-state index contributed by atoms with van der Waals surface area (Å²) in [5.74, 6) is 0.835. The molecule has 0 spiro atoms. The van der Waals surface area contributed by atoms with Crippen LogP contribution in [0.25, 0.3) is 22.3 Å². The third-order valence-electron chi connectivity index (χ3n) is 5.78. The molecule has 0 aliphatic carbocycles. The number of halogens is 1. The van der Waals surface area contributed by atoms with Gasteiger partial charge in [0.25, 0.3) is 0 Å². The molecule has 33 heavy (non-hydrogen) atoms. The molecule has 0 amide bonds. The molecule has 2 aromatic heterocycles. The third kappa shape index (κ3) is 5.81. The van der Waals surface area contributed by atoms with Crippen molar-refractivity contribution in [2.75, 3.05) is 31.1 Å². The summed E-state index contributed by atoms with van der Waals surface area (Å²) in [5.41, 5.74) is 6.31. The van der Waals surface area contributed by atoms with Crippen LogP contribution in [0.2, 0.25) is 0 Å². The molecule has 2 heterocycles. The number of fused-ring (bicyclic) bond motifs is 1. The Morgan fingerprint density at radius 3 is 2.30 bits per heavy atom. The molecule has 0 unspecified atom stereocenters. The molecule has 0 aliphatic heterocycles. The van der Waals surface area contributed by atoms with E-state index in [0.29, 0.717) is 13.2 Å². The van der Waals surface area contributed by atoms with Gasteiger partial charge in [0.15, 0.2) is 0 Å². The minimum absolute atomic E-state index is 0.232. The molecule has 6 heteroatoms. The van der Waals surface area contributed by atoms with Crippen LogP contribution in [0.3, 0.4) is 0 Å². The maximum atomic E-state index is 13.4. The Morgan fingerprint density at radius 2 is 1.64 bits per heavy atom. The Bertz CT molecular complexity index is 1210. The Hall–Kier alpha value is -2.70. The zero-order valence-electron chi connectivity index (χ0n) is 19.8. The van der Waals surface area contributed by atoms with E-state index in [1.807, 2.05) is 12.1 Å². The van der Waals surface area contributed by atoms with Gasteiger partial charge in [-0.05, 0) is 60.1 Å². The molecule has 0 bridgehead atoms. The number of rotatable bonds is 9. The number of aryl methyl sites for hydroxylation is 1. The van der Waals surface area contributed by atoms with Gasteiger partial charge in [-0.15, -0.1) is 0 Å². The van der Waals surface area contributed by atoms with Crippen molar-refractivity contribution >= 4 is 21.1 Å². The standard InChI is InChI=1S/C27H32FN3OS/c1-5-20-6-10-22(11-7-20)26-17-24-25(16-21-8-12-23(28)13-9-21)29-18-30-27(24)31(26)19-32-14-15-33(2,3)4/h6-13,17-18H,5,14-16,19H2,1-4H3. The summed E-state index contributed by atoms with van der Waals surface area (Å²) in [6.07, 6.45) is 10.1. The second kappa shape index (κ2) is 10.1. The van der Waals surface area contributed by atoms with Crippen LogP contribution in [0.1, 0.15) is 23.7 Å². The minimum atomic E-state index is -0.609. The van der Waals surface area contributed by atoms with Gasteiger partial charge in [-0.25, -0.2) is 24.4 Å². The molecule has 0 fully saturated rings. The van der Waals surface area contributed by atoms with Crippen molar-refractivity contribution in [3.8, 4) is 11.3 Å². The lowest BCUT2D eigenvalue weighted by Gasteiger charge is -2.24. The van der Waals surface area contributed by atoms with Crippen molar-refractivity contribution in [1.82, 2.24) is 14.5 Å². The molecule has 2 aromatic carbocycles. The average molecular weight is 466 g/mol. The van der Waals surface area contributed by atoms with Crippen molar-refractivity contribution in [2.24, 2.45) is 0 Å². The average Bonchev–Trinajstić information content (AvgIpc) is 3.17. The first-order chi connectivity index (χ1) is 15.8. The van der Waals surface area contributed by atoms with Crippen molar-refractivity contribution in [3.63, 3.8) is 0 Å². The molecule has 0 saturated carbocycles. The lowest BCUT2D eigenvalue weighted by molar-refractivity contribution is 0.0934. The quantitative estimate of drug-likeness (QED) is 0.282. The van der Waals surface area contributed by atoms with Crippen molar-refractivity contribution in [3.05, 3.63) is 83.6 Å². The second-order valence-corrected chi connectivity index (χ2v) is 13.8. The van der Waals surface area contributed by atoms with Gasteiger partial charge in [0.2, 0.25) is 0 Å². The summed E-state index contributed by atoms with van der Waals surface area (Å²) in [7, 11) is -0.609. The fourth-order valence-electron chi connectivity index (χ4n) is 3.80. The van der Waals surface area contributed by atoms with Gasteiger partial charge in [-0.3, -0.25) is 0 Å². The lowest BCUT2D eigenvalue weighted by Crippen LogP contribution is -2.11. The third-order valence-corrected chi connectivity index (χ3v) is 7.17. The van der Waals surface area contributed by atoms with E-state index in [1.54, 1.807) is 6.33 Å². The predicted molar refractivity (Wildman–Crippen MR) is 138 cm³/mol. The highest BCUT2D eigenvalue weighted by Crippen LogP contribution is 2.34. The predicted octanol–water partition coefficient (Wildman–Crippen LogP) is 6.06. The van der Waals surface area contributed by atoms with Gasteiger partial charge in [-0.1, -0.05) is 43.3 Å². The van der Waals surface area contributed by atoms with Crippen molar-refractivity contribution in [2.45, 2.75) is 26.5 Å². The van der Waals surface area contributed by atoms with E-state index in [4.69, 9.17) is 4.74 Å². The highest BCUT2D eigenvalue weighted by molar-refractivity contribution is 8.32. The molecule has 0 aliphatic rings. The fraction of sp³-hybridized carbons (Fsp3) is 0.333. The summed E-state index contributed by atoms with van der Waals surface area (Å²) in [6.45, 7) is 3.32. The Morgan fingerprint density at radius 1 is 0.939 bits per heavy atom. The Balaban J connectivity index is 1.71. The van der Waals surface area contributed by atoms with Crippen LogP contribution in [0.15, 0.2) is 60.9 Å². The normalized spacial score (nSPS) is 12.4. The molecule has 0 N–H and O–H groups in total. The number of aromatic nitrogens is 3. The number of benzene rings is 2. The van der Waals surface area contributed by atoms with Crippen LogP contribution in [0, 0.1) is 5.82 Å². The van der Waals surface area contributed by atoms with E-state index in [0.717, 1.165) is 52.3 Å². The largest absolute Gasteiger partial charge is 0.360 e. The molecule has 4 aromatic rings. The molecule has 0 radical (unpaired) electrons. The van der Waals surface area contributed by atoms with Gasteiger partial charge in [0.05, 0.1) is 18.0 Å². The highest BCUT2D eigenvalue weighted by Gasteiger charge is 2.16. The van der Waals surface area contributed by atoms with E-state index in [9.17, 15) is 4.39 Å². The summed E-state index contributed by atoms with van der Waals surface area (Å²) in [4.78, 5) is 9.20.